The van der Waals surface area contributed by atoms with Crippen molar-refractivity contribution in [3.8, 4) is 0 Å². The molecule has 0 spiro atoms. The van der Waals surface area contributed by atoms with Crippen molar-refractivity contribution < 1.29 is 14.2 Å². The molecular weight excluding hydrogens is 173 g/mol. The third-order valence-electron chi connectivity index (χ3n) is 2.36. The van der Waals surface area contributed by atoms with Gasteiger partial charge in [-0.1, -0.05) is 0 Å². The Labute approximate surface area is 78.3 Å². The van der Waals surface area contributed by atoms with Crippen LogP contribution in [-0.2, 0) is 4.74 Å². The summed E-state index contributed by atoms with van der Waals surface area (Å²) in [5, 5.41) is 13.0. The van der Waals surface area contributed by atoms with E-state index in [0.29, 0.717) is 45.6 Å². The Bertz CT molecular complexity index is 138. The van der Waals surface area contributed by atoms with Crippen molar-refractivity contribution in [3.05, 3.63) is 0 Å². The molecule has 13 heavy (non-hydrogen) atoms. The molecule has 0 bridgehead atoms. The van der Waals surface area contributed by atoms with E-state index in [1.807, 2.05) is 0 Å². The number of hydrogen-bond acceptors (Lipinski definition) is 3. The maximum atomic E-state index is 11.7. The van der Waals surface area contributed by atoms with Crippen LogP contribution in [0.25, 0.3) is 0 Å². The average Bonchev–Trinajstić information content (AvgIpc) is 2.14. The molecule has 4 heteroatoms. The van der Waals surface area contributed by atoms with Crippen molar-refractivity contribution in [3.63, 3.8) is 0 Å². The first-order chi connectivity index (χ1) is 6.27. The summed E-state index contributed by atoms with van der Waals surface area (Å²) >= 11 is 0. The summed E-state index contributed by atoms with van der Waals surface area (Å²) in [6, 6.07) is 0. The summed E-state index contributed by atoms with van der Waals surface area (Å²) in [4.78, 5) is 0. The normalized spacial score (nSPS) is 21.7. The number of aliphatic hydroxyl groups is 1. The lowest BCUT2D eigenvalue weighted by atomic mass is 9.94. The first kappa shape index (κ1) is 10.9. The van der Waals surface area contributed by atoms with E-state index in [9.17, 15) is 9.50 Å². The number of nitrogens with one attached hydrogen (secondary N) is 1. The van der Waals surface area contributed by atoms with Gasteiger partial charge >= 0.3 is 0 Å². The van der Waals surface area contributed by atoms with Gasteiger partial charge in [0.1, 0.15) is 0 Å². The fourth-order valence-corrected chi connectivity index (χ4v) is 1.44. The highest BCUT2D eigenvalue weighted by molar-refractivity contribution is 4.83. The zero-order chi connectivity index (χ0) is 9.57. The smallest absolute Gasteiger partial charge is 0.0906 e. The summed E-state index contributed by atoms with van der Waals surface area (Å²) in [7, 11) is 0. The molecule has 0 aliphatic carbocycles. The molecule has 1 heterocycles. The van der Waals surface area contributed by atoms with Crippen LogP contribution in [0.1, 0.15) is 19.3 Å². The predicted molar refractivity (Wildman–Crippen MR) is 48.5 cm³/mol. The fraction of sp³-hybridized carbons (Fsp3) is 1.00. The van der Waals surface area contributed by atoms with Crippen LogP contribution >= 0.6 is 0 Å². The second-order valence-electron chi connectivity index (χ2n) is 3.56. The lowest BCUT2D eigenvalue weighted by molar-refractivity contribution is -0.0614. The molecule has 0 aromatic heterocycles. The highest BCUT2D eigenvalue weighted by Crippen LogP contribution is 2.18. The maximum absolute atomic E-state index is 11.7. The van der Waals surface area contributed by atoms with Crippen molar-refractivity contribution in [2.45, 2.75) is 24.9 Å². The Morgan fingerprint density at radius 3 is 2.69 bits per heavy atom. The van der Waals surface area contributed by atoms with E-state index >= 15 is 0 Å². The van der Waals surface area contributed by atoms with Gasteiger partial charge in [-0.3, -0.25) is 4.39 Å². The van der Waals surface area contributed by atoms with Gasteiger partial charge in [-0.2, -0.15) is 0 Å². The maximum Gasteiger partial charge on any atom is 0.0906 e. The average molecular weight is 191 g/mol. The Balaban J connectivity index is 2.10. The number of alkyl halides is 1. The lowest BCUT2D eigenvalue weighted by Crippen LogP contribution is -2.45. The second-order valence-corrected chi connectivity index (χ2v) is 3.56. The third-order valence-corrected chi connectivity index (χ3v) is 2.36. The molecular formula is C9H18FNO2. The van der Waals surface area contributed by atoms with Gasteiger partial charge in [0.25, 0.3) is 0 Å². The predicted octanol–water partition coefficient (Wildman–Crippen LogP) is 0.477. The van der Waals surface area contributed by atoms with Gasteiger partial charge in [-0.05, 0) is 13.0 Å². The first-order valence-electron chi connectivity index (χ1n) is 4.84. The van der Waals surface area contributed by atoms with Crippen LogP contribution in [0.15, 0.2) is 0 Å². The SMILES string of the molecule is OC1(CNCCCF)CCOCC1. The number of halogens is 1. The minimum Gasteiger partial charge on any atom is -0.388 e. The van der Waals surface area contributed by atoms with Gasteiger partial charge in [0.15, 0.2) is 0 Å². The van der Waals surface area contributed by atoms with Crippen LogP contribution in [0.3, 0.4) is 0 Å². The lowest BCUT2D eigenvalue weighted by Gasteiger charge is -2.32. The standard InChI is InChI=1S/C9H18FNO2/c10-4-1-5-11-8-9(12)2-6-13-7-3-9/h11-12H,1-8H2. The van der Waals surface area contributed by atoms with Crippen LogP contribution in [-0.4, -0.2) is 43.7 Å². The van der Waals surface area contributed by atoms with Gasteiger partial charge in [-0.15, -0.1) is 0 Å². The molecule has 0 saturated carbocycles. The Hall–Kier alpha value is -0.190. The summed E-state index contributed by atoms with van der Waals surface area (Å²) in [5.41, 5.74) is -0.630. The molecule has 1 rings (SSSR count). The van der Waals surface area contributed by atoms with E-state index in [0.717, 1.165) is 0 Å². The molecule has 1 aliphatic rings. The summed E-state index contributed by atoms with van der Waals surface area (Å²) in [6.45, 7) is 2.15. The number of rotatable bonds is 5. The molecule has 2 N–H and O–H groups in total. The van der Waals surface area contributed by atoms with Crippen LogP contribution in [0.2, 0.25) is 0 Å². The molecule has 0 aromatic rings. The van der Waals surface area contributed by atoms with Crippen LogP contribution < -0.4 is 5.32 Å². The Kier molecular flexibility index (Phi) is 4.62. The summed E-state index contributed by atoms with van der Waals surface area (Å²) in [6.07, 6.45) is 1.87. The fourth-order valence-electron chi connectivity index (χ4n) is 1.44. The Morgan fingerprint density at radius 1 is 1.38 bits per heavy atom. The second kappa shape index (κ2) is 5.52. The highest BCUT2D eigenvalue weighted by Gasteiger charge is 2.28. The van der Waals surface area contributed by atoms with Crippen molar-refractivity contribution in [1.82, 2.24) is 5.32 Å². The molecule has 0 atom stereocenters. The summed E-state index contributed by atoms with van der Waals surface area (Å²) in [5.74, 6) is 0. The van der Waals surface area contributed by atoms with Crippen molar-refractivity contribution in [2.24, 2.45) is 0 Å². The van der Waals surface area contributed by atoms with Gasteiger partial charge in [-0.25, -0.2) is 0 Å². The van der Waals surface area contributed by atoms with Gasteiger partial charge in [0.2, 0.25) is 0 Å². The van der Waals surface area contributed by atoms with E-state index < -0.39 is 5.60 Å². The molecule has 0 aromatic carbocycles. The number of ether oxygens (including phenoxy) is 1. The van der Waals surface area contributed by atoms with Gasteiger partial charge in [0.05, 0.1) is 12.3 Å². The van der Waals surface area contributed by atoms with Crippen molar-refractivity contribution in [2.75, 3.05) is 33.0 Å². The van der Waals surface area contributed by atoms with E-state index in [4.69, 9.17) is 4.74 Å². The molecule has 1 aliphatic heterocycles. The number of hydrogen-bond donors (Lipinski definition) is 2. The molecule has 78 valence electrons. The van der Waals surface area contributed by atoms with E-state index in [1.165, 1.54) is 0 Å². The first-order valence-corrected chi connectivity index (χ1v) is 4.84. The molecule has 1 fully saturated rings. The molecule has 3 nitrogen and oxygen atoms in total. The van der Waals surface area contributed by atoms with Crippen molar-refractivity contribution in [1.29, 1.82) is 0 Å². The Morgan fingerprint density at radius 2 is 2.08 bits per heavy atom. The minimum absolute atomic E-state index is 0.297. The third kappa shape index (κ3) is 4.02. The van der Waals surface area contributed by atoms with Crippen LogP contribution in [0.5, 0.6) is 0 Å². The molecule has 0 amide bonds. The van der Waals surface area contributed by atoms with Gasteiger partial charge in [0, 0.05) is 32.6 Å². The topological polar surface area (TPSA) is 41.5 Å². The van der Waals surface area contributed by atoms with E-state index in [1.54, 1.807) is 0 Å². The van der Waals surface area contributed by atoms with E-state index in [-0.39, 0.29) is 6.67 Å². The minimum atomic E-state index is -0.630. The zero-order valence-electron chi connectivity index (χ0n) is 7.89. The summed E-state index contributed by atoms with van der Waals surface area (Å²) < 4.78 is 16.9. The quantitative estimate of drug-likeness (QED) is 0.621. The monoisotopic (exact) mass is 191 g/mol. The highest BCUT2D eigenvalue weighted by atomic mass is 19.1. The van der Waals surface area contributed by atoms with E-state index in [2.05, 4.69) is 5.32 Å². The zero-order valence-corrected chi connectivity index (χ0v) is 7.89. The molecule has 0 unspecified atom stereocenters. The van der Waals surface area contributed by atoms with Crippen LogP contribution in [0, 0.1) is 0 Å². The van der Waals surface area contributed by atoms with Crippen molar-refractivity contribution >= 4 is 0 Å². The van der Waals surface area contributed by atoms with Gasteiger partial charge < -0.3 is 15.2 Å². The van der Waals surface area contributed by atoms with Crippen LogP contribution in [0.4, 0.5) is 4.39 Å². The molecule has 1 saturated heterocycles. The molecule has 0 radical (unpaired) electrons. The largest absolute Gasteiger partial charge is 0.388 e.